The van der Waals surface area contributed by atoms with Crippen LogP contribution in [0, 0.1) is 3.57 Å². The summed E-state index contributed by atoms with van der Waals surface area (Å²) < 4.78 is 4.35. The van der Waals surface area contributed by atoms with E-state index in [9.17, 15) is 4.79 Å². The molecule has 0 unspecified atom stereocenters. The topological polar surface area (TPSA) is 65.6 Å². The second-order valence-electron chi connectivity index (χ2n) is 5.73. The van der Waals surface area contributed by atoms with Crippen LogP contribution in [0.25, 0.3) is 10.9 Å². The van der Waals surface area contributed by atoms with Crippen molar-refractivity contribution in [3.05, 3.63) is 86.2 Å². The predicted octanol–water partition coefficient (Wildman–Crippen LogP) is 2.69. The molecule has 0 bridgehead atoms. The minimum Gasteiger partial charge on any atom is -0.293 e. The number of hydrogen-bond donors (Lipinski definition) is 0. The molecule has 0 aliphatic heterocycles. The maximum atomic E-state index is 12.6. The maximum absolute atomic E-state index is 12.6. The molecule has 4 rings (SSSR count). The van der Waals surface area contributed by atoms with Crippen molar-refractivity contribution < 1.29 is 0 Å². The van der Waals surface area contributed by atoms with E-state index in [4.69, 9.17) is 0 Å². The first-order valence-corrected chi connectivity index (χ1v) is 8.84. The SMILES string of the molecule is O=c1c2cc(I)ccc2ncn1Cc1cn(Cc2ccccc2)nn1. The van der Waals surface area contributed by atoms with E-state index >= 15 is 0 Å². The average molecular weight is 443 g/mol. The van der Waals surface area contributed by atoms with Gasteiger partial charge in [0.1, 0.15) is 5.69 Å². The van der Waals surface area contributed by atoms with Gasteiger partial charge in [0, 0.05) is 3.57 Å². The highest BCUT2D eigenvalue weighted by molar-refractivity contribution is 14.1. The molecule has 2 aromatic heterocycles. The zero-order valence-corrected chi connectivity index (χ0v) is 15.4. The van der Waals surface area contributed by atoms with Crippen LogP contribution in [0.5, 0.6) is 0 Å². The molecule has 2 aromatic carbocycles. The molecule has 25 heavy (non-hydrogen) atoms. The largest absolute Gasteiger partial charge is 0.293 e. The predicted molar refractivity (Wildman–Crippen MR) is 103 cm³/mol. The summed E-state index contributed by atoms with van der Waals surface area (Å²) in [4.78, 5) is 17.0. The summed E-state index contributed by atoms with van der Waals surface area (Å²) in [5.41, 5.74) is 2.51. The van der Waals surface area contributed by atoms with E-state index in [0.717, 1.165) is 14.8 Å². The lowest BCUT2D eigenvalue weighted by atomic mass is 10.2. The van der Waals surface area contributed by atoms with Gasteiger partial charge in [-0.2, -0.15) is 0 Å². The van der Waals surface area contributed by atoms with Crippen LogP contribution in [0.2, 0.25) is 0 Å². The van der Waals surface area contributed by atoms with Gasteiger partial charge in [-0.25, -0.2) is 9.67 Å². The molecule has 4 aromatic rings. The fraction of sp³-hybridized carbons (Fsp3) is 0.111. The Morgan fingerprint density at radius 3 is 2.72 bits per heavy atom. The molecule has 0 aliphatic carbocycles. The Morgan fingerprint density at radius 1 is 1.04 bits per heavy atom. The van der Waals surface area contributed by atoms with Crippen LogP contribution >= 0.6 is 22.6 Å². The number of rotatable bonds is 4. The Morgan fingerprint density at radius 2 is 1.88 bits per heavy atom. The van der Waals surface area contributed by atoms with Crippen LogP contribution < -0.4 is 5.56 Å². The third-order valence-corrected chi connectivity index (χ3v) is 4.56. The van der Waals surface area contributed by atoms with Crippen molar-refractivity contribution in [1.29, 1.82) is 0 Å². The molecule has 0 spiro atoms. The molecule has 0 saturated heterocycles. The van der Waals surface area contributed by atoms with E-state index in [2.05, 4.69) is 37.9 Å². The Hall–Kier alpha value is -2.55. The number of aromatic nitrogens is 5. The van der Waals surface area contributed by atoms with Crippen LogP contribution in [-0.2, 0) is 13.1 Å². The van der Waals surface area contributed by atoms with Gasteiger partial charge in [-0.05, 0) is 46.4 Å². The van der Waals surface area contributed by atoms with Gasteiger partial charge in [-0.15, -0.1) is 5.10 Å². The highest BCUT2D eigenvalue weighted by atomic mass is 127. The lowest BCUT2D eigenvalue weighted by Crippen LogP contribution is -2.21. The monoisotopic (exact) mass is 443 g/mol. The summed E-state index contributed by atoms with van der Waals surface area (Å²) in [6.07, 6.45) is 3.42. The Kier molecular flexibility index (Phi) is 4.31. The van der Waals surface area contributed by atoms with Gasteiger partial charge in [0.2, 0.25) is 0 Å². The van der Waals surface area contributed by atoms with Gasteiger partial charge in [-0.3, -0.25) is 9.36 Å². The zero-order valence-electron chi connectivity index (χ0n) is 13.2. The minimum atomic E-state index is -0.0684. The smallest absolute Gasteiger partial charge is 0.261 e. The molecule has 0 atom stereocenters. The highest BCUT2D eigenvalue weighted by Gasteiger charge is 2.08. The maximum Gasteiger partial charge on any atom is 0.261 e. The summed E-state index contributed by atoms with van der Waals surface area (Å²) in [6.45, 7) is 0.999. The Balaban J connectivity index is 1.59. The quantitative estimate of drug-likeness (QED) is 0.455. The summed E-state index contributed by atoms with van der Waals surface area (Å²) >= 11 is 2.19. The molecule has 0 fully saturated rings. The van der Waals surface area contributed by atoms with Crippen LogP contribution in [-0.4, -0.2) is 24.5 Å². The first-order valence-electron chi connectivity index (χ1n) is 7.77. The molecular formula is C18H14IN5O. The normalized spacial score (nSPS) is 11.1. The van der Waals surface area contributed by atoms with Crippen molar-refractivity contribution in [1.82, 2.24) is 24.5 Å². The van der Waals surface area contributed by atoms with Crippen LogP contribution in [0.3, 0.4) is 0 Å². The van der Waals surface area contributed by atoms with Gasteiger partial charge in [-0.1, -0.05) is 35.5 Å². The third kappa shape index (κ3) is 3.46. The summed E-state index contributed by atoms with van der Waals surface area (Å²) in [5, 5.41) is 8.93. The molecule has 0 saturated carbocycles. The molecule has 0 N–H and O–H groups in total. The molecule has 7 heteroatoms. The first kappa shape index (κ1) is 15.9. The number of benzene rings is 2. The van der Waals surface area contributed by atoms with Crippen molar-refractivity contribution in [3.63, 3.8) is 0 Å². The Bertz CT molecular complexity index is 1090. The van der Waals surface area contributed by atoms with Crippen LogP contribution in [0.15, 0.2) is 65.8 Å². The summed E-state index contributed by atoms with van der Waals surface area (Å²) in [5.74, 6) is 0. The van der Waals surface area contributed by atoms with Gasteiger partial charge >= 0.3 is 0 Å². The van der Waals surface area contributed by atoms with Crippen molar-refractivity contribution in [3.8, 4) is 0 Å². The van der Waals surface area contributed by atoms with E-state index in [-0.39, 0.29) is 5.56 Å². The van der Waals surface area contributed by atoms with Crippen molar-refractivity contribution in [2.24, 2.45) is 0 Å². The summed E-state index contributed by atoms with van der Waals surface area (Å²) in [6, 6.07) is 15.7. The van der Waals surface area contributed by atoms with E-state index in [0.29, 0.717) is 24.0 Å². The lowest BCUT2D eigenvalue weighted by molar-refractivity contribution is 0.648. The highest BCUT2D eigenvalue weighted by Crippen LogP contribution is 2.12. The second-order valence-corrected chi connectivity index (χ2v) is 6.98. The lowest BCUT2D eigenvalue weighted by Gasteiger charge is -2.04. The number of fused-ring (bicyclic) bond motifs is 1. The van der Waals surface area contributed by atoms with Crippen LogP contribution in [0.1, 0.15) is 11.3 Å². The summed E-state index contributed by atoms with van der Waals surface area (Å²) in [7, 11) is 0. The fourth-order valence-electron chi connectivity index (χ4n) is 2.68. The Labute approximate surface area is 157 Å². The fourth-order valence-corrected chi connectivity index (χ4v) is 3.17. The van der Waals surface area contributed by atoms with Crippen molar-refractivity contribution in [2.45, 2.75) is 13.1 Å². The van der Waals surface area contributed by atoms with E-state index in [1.54, 1.807) is 15.6 Å². The standard InChI is InChI=1S/C18H14IN5O/c19-14-6-7-17-16(8-14)18(25)23(12-20-17)10-15-11-24(22-21-15)9-13-4-2-1-3-5-13/h1-8,11-12H,9-10H2. The van der Waals surface area contributed by atoms with Gasteiger partial charge in [0.25, 0.3) is 5.56 Å². The van der Waals surface area contributed by atoms with Crippen molar-refractivity contribution >= 4 is 33.5 Å². The van der Waals surface area contributed by atoms with E-state index < -0.39 is 0 Å². The van der Waals surface area contributed by atoms with Crippen molar-refractivity contribution in [2.75, 3.05) is 0 Å². The molecule has 124 valence electrons. The third-order valence-electron chi connectivity index (χ3n) is 3.89. The molecule has 2 heterocycles. The number of hydrogen-bond acceptors (Lipinski definition) is 4. The second kappa shape index (κ2) is 6.75. The van der Waals surface area contributed by atoms with Gasteiger partial charge < -0.3 is 0 Å². The minimum absolute atomic E-state index is 0.0684. The molecular weight excluding hydrogens is 429 g/mol. The van der Waals surface area contributed by atoms with E-state index in [1.165, 1.54) is 0 Å². The van der Waals surface area contributed by atoms with E-state index in [1.807, 2.05) is 54.7 Å². The number of halogens is 1. The molecule has 6 nitrogen and oxygen atoms in total. The molecule has 0 amide bonds. The number of nitrogens with zero attached hydrogens (tertiary/aromatic N) is 5. The van der Waals surface area contributed by atoms with Crippen LogP contribution in [0.4, 0.5) is 0 Å². The average Bonchev–Trinajstić information content (AvgIpc) is 3.06. The molecule has 0 aliphatic rings. The van der Waals surface area contributed by atoms with Gasteiger partial charge in [0.15, 0.2) is 0 Å². The zero-order chi connectivity index (χ0) is 17.2. The first-order chi connectivity index (χ1) is 12.2. The molecule has 0 radical (unpaired) electrons. The van der Waals surface area contributed by atoms with Gasteiger partial charge in [0.05, 0.1) is 36.5 Å².